The molecule has 3 aliphatic heterocycles. The van der Waals surface area contributed by atoms with E-state index in [0.29, 0.717) is 30.8 Å². The predicted octanol–water partition coefficient (Wildman–Crippen LogP) is 1.73. The molecule has 144 valence electrons. The van der Waals surface area contributed by atoms with Crippen LogP contribution < -0.4 is 4.74 Å². The molecule has 0 spiro atoms. The molecule has 5 rings (SSSR count). The van der Waals surface area contributed by atoms with Gasteiger partial charge in [-0.05, 0) is 63.9 Å². The number of fused-ring (bicyclic) bond motifs is 3. The molecule has 27 heavy (non-hydrogen) atoms. The molecule has 3 aliphatic rings. The molecule has 2 aromatic rings. The van der Waals surface area contributed by atoms with Crippen LogP contribution in [-0.4, -0.2) is 60.4 Å². The first kappa shape index (κ1) is 19.6. The Hall–Kier alpha value is -2.12. The second-order valence-electron chi connectivity index (χ2n) is 7.34. The van der Waals surface area contributed by atoms with E-state index >= 15 is 0 Å². The lowest BCUT2D eigenvalue weighted by Crippen LogP contribution is -2.61. The summed E-state index contributed by atoms with van der Waals surface area (Å²) in [6.07, 6.45) is 6.06. The lowest BCUT2D eigenvalue weighted by molar-refractivity contribution is -0.131. The molecule has 3 fully saturated rings. The maximum atomic E-state index is 11.1. The fraction of sp³-hybridized carbons (Fsp3) is 0.500. The Bertz CT molecular complexity index is 815. The van der Waals surface area contributed by atoms with Gasteiger partial charge in [0.05, 0.1) is 8.41 Å². The summed E-state index contributed by atoms with van der Waals surface area (Å²) in [5.41, 5.74) is 1.03. The number of hydrogen-bond donors (Lipinski definition) is 1. The fourth-order valence-electron chi connectivity index (χ4n) is 4.05. The van der Waals surface area contributed by atoms with Crippen molar-refractivity contribution in [3.8, 4) is 17.2 Å². The maximum absolute atomic E-state index is 11.1. The molecule has 0 aliphatic carbocycles. The highest BCUT2D eigenvalue weighted by atomic mass is 16.5. The summed E-state index contributed by atoms with van der Waals surface area (Å²) in [6.45, 7) is 6.97. The number of benzene rings is 1. The molecule has 7 heteroatoms. The molecule has 3 saturated heterocycles. The average Bonchev–Trinajstić information content (AvgIpc) is 3.08. The van der Waals surface area contributed by atoms with Crippen LogP contribution in [0.25, 0.3) is 17.5 Å². The summed E-state index contributed by atoms with van der Waals surface area (Å²) in [5.74, 6) is 2.19. The number of nitrogens with zero attached hydrogens (tertiary/aromatic N) is 3. The van der Waals surface area contributed by atoms with Gasteiger partial charge in [0.2, 0.25) is 0 Å². The van der Waals surface area contributed by atoms with Crippen molar-refractivity contribution in [2.24, 2.45) is 5.92 Å². The second kappa shape index (κ2) is 7.86. The molecule has 1 N–H and O–H groups in total. The molecule has 4 heterocycles. The minimum Gasteiger partial charge on any atom is -0.490 e. The third-order valence-electron chi connectivity index (χ3n) is 5.45. The van der Waals surface area contributed by atoms with Gasteiger partial charge in [-0.25, -0.2) is 0 Å². The molecule has 1 atom stereocenters. The number of rotatable bonds is 5. The fourth-order valence-corrected chi connectivity index (χ4v) is 4.05. The number of hydrogen-bond acceptors (Lipinski definition) is 6. The normalized spacial score (nSPS) is 26.9. The molecular formula is C20H28BN3O3. The quantitative estimate of drug-likeness (QED) is 0.810. The van der Waals surface area contributed by atoms with E-state index in [1.807, 2.05) is 37.3 Å². The number of piperidine rings is 3. The first-order valence-electron chi connectivity index (χ1n) is 9.22. The lowest BCUT2D eigenvalue weighted by atomic mass is 9.76. The van der Waals surface area contributed by atoms with Gasteiger partial charge in [-0.2, -0.15) is 4.98 Å². The van der Waals surface area contributed by atoms with Gasteiger partial charge in [-0.15, -0.1) is 0 Å². The van der Waals surface area contributed by atoms with Crippen LogP contribution in [0.2, 0.25) is 0 Å². The van der Waals surface area contributed by atoms with Crippen LogP contribution in [0.4, 0.5) is 0 Å². The van der Waals surface area contributed by atoms with Crippen LogP contribution in [0.1, 0.15) is 31.2 Å². The van der Waals surface area contributed by atoms with Crippen molar-refractivity contribution in [1.29, 1.82) is 0 Å². The van der Waals surface area contributed by atoms with Crippen molar-refractivity contribution in [2.45, 2.75) is 32.3 Å². The van der Waals surface area contributed by atoms with Crippen molar-refractivity contribution in [3.05, 3.63) is 35.7 Å². The van der Waals surface area contributed by atoms with E-state index in [9.17, 15) is 5.11 Å². The maximum Gasteiger partial charge on any atom is 0.257 e. The highest BCUT2D eigenvalue weighted by molar-refractivity contribution is 5.75. The van der Waals surface area contributed by atoms with Crippen LogP contribution in [0.15, 0.2) is 28.8 Å². The molecule has 1 aromatic heterocycles. The number of aryl methyl sites for hydroxylation is 1. The van der Waals surface area contributed by atoms with Crippen molar-refractivity contribution >= 4 is 14.5 Å². The zero-order chi connectivity index (χ0) is 18.1. The van der Waals surface area contributed by atoms with Crippen molar-refractivity contribution < 1.29 is 14.4 Å². The highest BCUT2D eigenvalue weighted by Crippen LogP contribution is 2.36. The van der Waals surface area contributed by atoms with Gasteiger partial charge in [-0.1, -0.05) is 17.3 Å². The Labute approximate surface area is 161 Å². The molecule has 1 unspecified atom stereocenters. The third kappa shape index (κ3) is 3.94. The Kier molecular flexibility index (Phi) is 5.72. The van der Waals surface area contributed by atoms with E-state index in [0.717, 1.165) is 42.8 Å². The number of aliphatic hydroxyl groups is 1. The summed E-state index contributed by atoms with van der Waals surface area (Å²) in [7, 11) is 0. The van der Waals surface area contributed by atoms with Crippen LogP contribution in [0, 0.1) is 12.8 Å². The Balaban J connectivity index is 0.00000210. The van der Waals surface area contributed by atoms with E-state index < -0.39 is 5.60 Å². The van der Waals surface area contributed by atoms with Crippen molar-refractivity contribution in [3.63, 3.8) is 0 Å². The number of allylic oxidation sites excluding steroid dienone is 1. The predicted molar refractivity (Wildman–Crippen MR) is 109 cm³/mol. The van der Waals surface area contributed by atoms with Gasteiger partial charge in [0.25, 0.3) is 5.89 Å². The first-order chi connectivity index (χ1) is 12.6. The summed E-state index contributed by atoms with van der Waals surface area (Å²) in [6, 6.07) is 5.80. The van der Waals surface area contributed by atoms with Crippen LogP contribution >= 0.6 is 0 Å². The summed E-state index contributed by atoms with van der Waals surface area (Å²) in [4.78, 5) is 6.61. The van der Waals surface area contributed by atoms with Crippen molar-refractivity contribution in [2.75, 3.05) is 26.2 Å². The molecule has 2 bridgehead atoms. The third-order valence-corrected chi connectivity index (χ3v) is 5.45. The Morgan fingerprint density at radius 2 is 2.15 bits per heavy atom. The minimum atomic E-state index is -0.758. The van der Waals surface area contributed by atoms with E-state index in [4.69, 9.17) is 9.26 Å². The van der Waals surface area contributed by atoms with Gasteiger partial charge in [0.1, 0.15) is 18.0 Å². The van der Waals surface area contributed by atoms with E-state index in [1.165, 1.54) is 0 Å². The zero-order valence-electron chi connectivity index (χ0n) is 15.3. The summed E-state index contributed by atoms with van der Waals surface area (Å²) >= 11 is 0. The smallest absolute Gasteiger partial charge is 0.257 e. The van der Waals surface area contributed by atoms with Gasteiger partial charge in [0.15, 0.2) is 5.82 Å². The van der Waals surface area contributed by atoms with Crippen LogP contribution in [0.5, 0.6) is 5.75 Å². The van der Waals surface area contributed by atoms with Crippen LogP contribution in [-0.2, 0) is 0 Å². The van der Waals surface area contributed by atoms with E-state index in [2.05, 4.69) is 15.0 Å². The van der Waals surface area contributed by atoms with E-state index in [1.54, 1.807) is 6.92 Å². The molecule has 0 amide bonds. The molecule has 0 saturated carbocycles. The monoisotopic (exact) mass is 369 g/mol. The van der Waals surface area contributed by atoms with Gasteiger partial charge in [-0.3, -0.25) is 0 Å². The number of ether oxygens (including phenoxy) is 1. The largest absolute Gasteiger partial charge is 0.490 e. The molecular weight excluding hydrogens is 341 g/mol. The first-order valence-corrected chi connectivity index (χ1v) is 9.22. The van der Waals surface area contributed by atoms with Gasteiger partial charge < -0.3 is 19.3 Å². The minimum absolute atomic E-state index is 0. The molecule has 6 nitrogen and oxygen atoms in total. The molecule has 1 aromatic carbocycles. The van der Waals surface area contributed by atoms with Gasteiger partial charge >= 0.3 is 0 Å². The topological polar surface area (TPSA) is 71.6 Å². The lowest BCUT2D eigenvalue weighted by Gasteiger charge is -2.50. The van der Waals surface area contributed by atoms with Gasteiger partial charge in [0, 0.05) is 17.7 Å². The van der Waals surface area contributed by atoms with Crippen molar-refractivity contribution in [1.82, 2.24) is 15.0 Å². The van der Waals surface area contributed by atoms with E-state index in [-0.39, 0.29) is 8.41 Å². The molecule has 0 radical (unpaired) electrons. The number of aromatic nitrogens is 2. The average molecular weight is 369 g/mol. The SMILES string of the molecule is B.CC=Cc1cc(-c2nc(C)no2)ccc1OCC1(O)CN2CCC1CC2. The summed E-state index contributed by atoms with van der Waals surface area (Å²) in [5, 5.41) is 14.9. The Morgan fingerprint density at radius 3 is 2.74 bits per heavy atom. The zero-order valence-corrected chi connectivity index (χ0v) is 15.3. The second-order valence-corrected chi connectivity index (χ2v) is 7.34. The highest BCUT2D eigenvalue weighted by Gasteiger charge is 2.46. The Morgan fingerprint density at radius 1 is 1.37 bits per heavy atom. The standard InChI is InChI=1S/C20H25N3O3.BH3/c1-3-4-15-11-16(19-21-14(2)22-26-19)5-6-18(15)25-13-20(24)12-23-9-7-17(20)8-10-23;/h3-6,11,17,24H,7-10,12-13H2,1-2H3;1H3. The summed E-state index contributed by atoms with van der Waals surface area (Å²) < 4.78 is 11.3. The van der Waals surface area contributed by atoms with Crippen LogP contribution in [0.3, 0.4) is 0 Å².